The standard InChI is InChI=1S/C22H22ClN7S/c1-2-15-18(23)17-20(27-15)28-22(29-21(17)30-10-12-4-3-5-13(12)11-30)31-14-8-16-19(26-9-14)25-7-6-24-16/h6-9,12-13H,2-5,10-11H2,1H3,(H,27,28,29). The minimum atomic E-state index is 0.635. The summed E-state index contributed by atoms with van der Waals surface area (Å²) in [6.07, 6.45) is 9.95. The number of anilines is 1. The van der Waals surface area contributed by atoms with Crippen molar-refractivity contribution >= 4 is 51.4 Å². The summed E-state index contributed by atoms with van der Waals surface area (Å²) in [6.45, 7) is 4.20. The van der Waals surface area contributed by atoms with Crippen LogP contribution >= 0.6 is 23.4 Å². The summed E-state index contributed by atoms with van der Waals surface area (Å²) < 4.78 is 0. The third-order valence-electron chi connectivity index (χ3n) is 6.51. The van der Waals surface area contributed by atoms with Gasteiger partial charge in [0, 0.05) is 42.3 Å². The average Bonchev–Trinajstić information content (AvgIpc) is 3.47. The summed E-state index contributed by atoms with van der Waals surface area (Å²) in [6, 6.07) is 1.98. The number of nitrogens with zero attached hydrogens (tertiary/aromatic N) is 6. The summed E-state index contributed by atoms with van der Waals surface area (Å²) in [5.41, 5.74) is 3.21. The second kappa shape index (κ2) is 7.60. The third kappa shape index (κ3) is 3.32. The minimum Gasteiger partial charge on any atom is -0.355 e. The number of aryl methyl sites for hydroxylation is 1. The summed E-state index contributed by atoms with van der Waals surface area (Å²) in [4.78, 5) is 29.6. The molecule has 6 rings (SSSR count). The molecule has 158 valence electrons. The van der Waals surface area contributed by atoms with Gasteiger partial charge in [0.1, 0.15) is 17.0 Å². The van der Waals surface area contributed by atoms with Crippen molar-refractivity contribution in [1.82, 2.24) is 29.9 Å². The van der Waals surface area contributed by atoms with Crippen LogP contribution in [0.15, 0.2) is 34.7 Å². The van der Waals surface area contributed by atoms with Crippen LogP contribution in [0, 0.1) is 11.8 Å². The number of hydrogen-bond donors (Lipinski definition) is 1. The fourth-order valence-electron chi connectivity index (χ4n) is 5.00. The van der Waals surface area contributed by atoms with Gasteiger partial charge in [-0.2, -0.15) is 0 Å². The number of H-pyrrole nitrogens is 1. The Kier molecular flexibility index (Phi) is 4.72. The number of aromatic amines is 1. The van der Waals surface area contributed by atoms with Crippen LogP contribution in [0.5, 0.6) is 0 Å². The number of pyridine rings is 1. The Labute approximate surface area is 189 Å². The van der Waals surface area contributed by atoms with Crippen LogP contribution in [-0.4, -0.2) is 43.0 Å². The van der Waals surface area contributed by atoms with Crippen LogP contribution in [-0.2, 0) is 6.42 Å². The van der Waals surface area contributed by atoms with Gasteiger partial charge in [-0.3, -0.25) is 4.98 Å². The Morgan fingerprint density at radius 3 is 2.74 bits per heavy atom. The van der Waals surface area contributed by atoms with Crippen molar-refractivity contribution in [2.75, 3.05) is 18.0 Å². The molecule has 2 unspecified atom stereocenters. The van der Waals surface area contributed by atoms with Gasteiger partial charge < -0.3 is 9.88 Å². The van der Waals surface area contributed by atoms with Gasteiger partial charge in [-0.1, -0.05) is 24.9 Å². The number of fused-ring (bicyclic) bond motifs is 3. The molecule has 0 aromatic carbocycles. The molecule has 7 nitrogen and oxygen atoms in total. The lowest BCUT2D eigenvalue weighted by Crippen LogP contribution is -2.22. The highest BCUT2D eigenvalue weighted by Gasteiger charge is 2.37. The molecule has 1 saturated heterocycles. The maximum absolute atomic E-state index is 6.77. The number of aromatic nitrogens is 6. The second-order valence-corrected chi connectivity index (χ2v) is 9.77. The van der Waals surface area contributed by atoms with Gasteiger partial charge in [0.25, 0.3) is 0 Å². The van der Waals surface area contributed by atoms with Gasteiger partial charge in [0.05, 0.1) is 10.4 Å². The smallest absolute Gasteiger partial charge is 0.196 e. The molecule has 0 radical (unpaired) electrons. The quantitative estimate of drug-likeness (QED) is 0.442. The summed E-state index contributed by atoms with van der Waals surface area (Å²) in [7, 11) is 0. The van der Waals surface area contributed by atoms with Crippen molar-refractivity contribution in [3.05, 3.63) is 35.4 Å². The number of hydrogen-bond acceptors (Lipinski definition) is 7. The van der Waals surface area contributed by atoms with Crippen LogP contribution < -0.4 is 4.90 Å². The monoisotopic (exact) mass is 451 g/mol. The first-order valence-electron chi connectivity index (χ1n) is 10.8. The molecule has 1 aliphatic carbocycles. The van der Waals surface area contributed by atoms with E-state index >= 15 is 0 Å². The SMILES string of the molecule is CCc1[nH]c2nc(Sc3cnc4nccnc4c3)nc(N3CC4CCCC4C3)c2c1Cl. The molecule has 0 bridgehead atoms. The molecule has 2 atom stereocenters. The summed E-state index contributed by atoms with van der Waals surface area (Å²) >= 11 is 8.26. The van der Waals surface area contributed by atoms with E-state index in [4.69, 9.17) is 21.6 Å². The first-order chi connectivity index (χ1) is 15.2. The number of rotatable bonds is 4. The molecule has 31 heavy (non-hydrogen) atoms. The molecule has 1 aliphatic heterocycles. The molecule has 0 amide bonds. The molecular formula is C22H22ClN7S. The van der Waals surface area contributed by atoms with Gasteiger partial charge in [0.2, 0.25) is 0 Å². The first-order valence-corrected chi connectivity index (χ1v) is 12.0. The van der Waals surface area contributed by atoms with E-state index in [-0.39, 0.29) is 0 Å². The van der Waals surface area contributed by atoms with Gasteiger partial charge in [-0.05, 0) is 48.9 Å². The topological polar surface area (TPSA) is 83.5 Å². The molecule has 1 saturated carbocycles. The highest BCUT2D eigenvalue weighted by Crippen LogP contribution is 2.43. The highest BCUT2D eigenvalue weighted by molar-refractivity contribution is 7.99. The zero-order valence-corrected chi connectivity index (χ0v) is 18.7. The van der Waals surface area contributed by atoms with E-state index in [2.05, 4.69) is 31.8 Å². The largest absolute Gasteiger partial charge is 0.355 e. The number of halogens is 1. The number of nitrogens with one attached hydrogen (secondary N) is 1. The van der Waals surface area contributed by atoms with Crippen molar-refractivity contribution in [2.24, 2.45) is 11.8 Å². The van der Waals surface area contributed by atoms with E-state index in [1.807, 2.05) is 6.07 Å². The van der Waals surface area contributed by atoms with E-state index in [9.17, 15) is 0 Å². The fourth-order valence-corrected chi connectivity index (χ4v) is 6.11. The minimum absolute atomic E-state index is 0.635. The molecule has 4 aromatic heterocycles. The van der Waals surface area contributed by atoms with E-state index in [1.165, 1.54) is 31.0 Å². The van der Waals surface area contributed by atoms with Crippen molar-refractivity contribution in [3.8, 4) is 0 Å². The van der Waals surface area contributed by atoms with Crippen molar-refractivity contribution in [1.29, 1.82) is 0 Å². The van der Waals surface area contributed by atoms with E-state index in [1.54, 1.807) is 18.6 Å². The van der Waals surface area contributed by atoms with Gasteiger partial charge in [-0.15, -0.1) is 0 Å². The van der Waals surface area contributed by atoms with Crippen molar-refractivity contribution in [3.63, 3.8) is 0 Å². The highest BCUT2D eigenvalue weighted by atomic mass is 35.5. The van der Waals surface area contributed by atoms with Gasteiger partial charge >= 0.3 is 0 Å². The third-order valence-corrected chi connectivity index (χ3v) is 7.75. The summed E-state index contributed by atoms with van der Waals surface area (Å²) in [5.74, 6) is 2.50. The molecule has 5 heterocycles. The van der Waals surface area contributed by atoms with E-state index in [0.29, 0.717) is 10.8 Å². The maximum Gasteiger partial charge on any atom is 0.196 e. The molecule has 2 aliphatic rings. The zero-order valence-electron chi connectivity index (χ0n) is 17.2. The maximum atomic E-state index is 6.77. The lowest BCUT2D eigenvalue weighted by atomic mass is 10.0. The second-order valence-electron chi connectivity index (χ2n) is 8.35. The predicted molar refractivity (Wildman–Crippen MR) is 123 cm³/mol. The molecule has 9 heteroatoms. The van der Waals surface area contributed by atoms with Crippen LogP contribution in [0.4, 0.5) is 5.82 Å². The molecule has 1 N–H and O–H groups in total. The Morgan fingerprint density at radius 2 is 1.94 bits per heavy atom. The Morgan fingerprint density at radius 1 is 1.13 bits per heavy atom. The molecule has 2 fully saturated rings. The van der Waals surface area contributed by atoms with Gasteiger partial charge in [0.15, 0.2) is 10.8 Å². The van der Waals surface area contributed by atoms with Crippen LogP contribution in [0.3, 0.4) is 0 Å². The first kappa shape index (κ1) is 19.3. The summed E-state index contributed by atoms with van der Waals surface area (Å²) in [5, 5.41) is 2.39. The predicted octanol–water partition coefficient (Wildman–Crippen LogP) is 4.90. The zero-order chi connectivity index (χ0) is 20.9. The normalized spacial score (nSPS) is 20.8. The Bertz CT molecular complexity index is 1280. The Balaban J connectivity index is 1.42. The van der Waals surface area contributed by atoms with Crippen LogP contribution in [0.1, 0.15) is 31.9 Å². The van der Waals surface area contributed by atoms with Crippen LogP contribution in [0.2, 0.25) is 5.02 Å². The van der Waals surface area contributed by atoms with Crippen molar-refractivity contribution in [2.45, 2.75) is 42.7 Å². The molecule has 0 spiro atoms. The molecule has 4 aromatic rings. The Hall–Kier alpha value is -2.45. The van der Waals surface area contributed by atoms with E-state index < -0.39 is 0 Å². The fraction of sp³-hybridized carbons (Fsp3) is 0.409. The lowest BCUT2D eigenvalue weighted by molar-refractivity contribution is 0.494. The van der Waals surface area contributed by atoms with Crippen LogP contribution in [0.25, 0.3) is 22.2 Å². The van der Waals surface area contributed by atoms with Crippen molar-refractivity contribution < 1.29 is 0 Å². The molecular weight excluding hydrogens is 430 g/mol. The van der Waals surface area contributed by atoms with Gasteiger partial charge in [-0.25, -0.2) is 19.9 Å². The average molecular weight is 452 g/mol. The van der Waals surface area contributed by atoms with E-state index in [0.717, 1.165) is 69.3 Å². The lowest BCUT2D eigenvalue weighted by Gasteiger charge is -2.20.